The van der Waals surface area contributed by atoms with Crippen LogP contribution in [-0.2, 0) is 11.2 Å². The lowest BCUT2D eigenvalue weighted by atomic mass is 9.86. The summed E-state index contributed by atoms with van der Waals surface area (Å²) in [4.78, 5) is 7.11. The van der Waals surface area contributed by atoms with Gasteiger partial charge >= 0.3 is 0 Å². The molecule has 1 fully saturated rings. The lowest BCUT2D eigenvalue weighted by molar-refractivity contribution is 0.0682. The third-order valence-corrected chi connectivity index (χ3v) is 7.33. The van der Waals surface area contributed by atoms with E-state index in [1.807, 2.05) is 18.2 Å². The number of aliphatic imine (C=N–C) groups is 1. The number of benzene rings is 3. The van der Waals surface area contributed by atoms with Gasteiger partial charge in [0.05, 0.1) is 12.6 Å². The quantitative estimate of drug-likeness (QED) is 0.604. The highest BCUT2D eigenvalue weighted by Gasteiger charge is 2.46. The van der Waals surface area contributed by atoms with Crippen molar-refractivity contribution in [2.75, 3.05) is 13.1 Å². The van der Waals surface area contributed by atoms with Crippen molar-refractivity contribution in [1.29, 1.82) is 0 Å². The summed E-state index contributed by atoms with van der Waals surface area (Å²) in [7, 11) is 0. The van der Waals surface area contributed by atoms with Crippen LogP contribution in [0.25, 0.3) is 11.1 Å². The second kappa shape index (κ2) is 7.99. The van der Waals surface area contributed by atoms with Gasteiger partial charge in [0.1, 0.15) is 11.4 Å². The van der Waals surface area contributed by atoms with Gasteiger partial charge in [-0.1, -0.05) is 60.7 Å². The summed E-state index contributed by atoms with van der Waals surface area (Å²) < 4.78 is 20.3. The van der Waals surface area contributed by atoms with Crippen LogP contribution in [-0.4, -0.2) is 35.7 Å². The summed E-state index contributed by atoms with van der Waals surface area (Å²) in [6.45, 7) is 1.47. The maximum absolute atomic E-state index is 13.8. The molecule has 1 saturated carbocycles. The molecule has 0 radical (unpaired) electrons. The van der Waals surface area contributed by atoms with Crippen LogP contribution in [0.1, 0.15) is 42.0 Å². The van der Waals surface area contributed by atoms with E-state index in [0.717, 1.165) is 37.8 Å². The minimum Gasteiger partial charge on any atom is -0.456 e. The minimum absolute atomic E-state index is 0.0665. The third-order valence-electron chi connectivity index (χ3n) is 7.33. The molecule has 0 unspecified atom stereocenters. The van der Waals surface area contributed by atoms with Crippen molar-refractivity contribution in [1.82, 2.24) is 4.90 Å². The molecular weight excluding hydrogens is 413 g/mol. The Kier molecular flexibility index (Phi) is 4.95. The average Bonchev–Trinajstić information content (AvgIpc) is 3.44. The average molecular weight is 442 g/mol. The molecule has 2 heterocycles. The van der Waals surface area contributed by atoms with Crippen LogP contribution in [0.5, 0.6) is 0 Å². The van der Waals surface area contributed by atoms with Crippen molar-refractivity contribution in [3.8, 4) is 11.1 Å². The van der Waals surface area contributed by atoms with Gasteiger partial charge in [-0.15, -0.1) is 0 Å². The van der Waals surface area contributed by atoms with Crippen LogP contribution < -0.4 is 5.73 Å². The van der Waals surface area contributed by atoms with Gasteiger partial charge in [-0.05, 0) is 59.2 Å². The molecule has 0 aromatic heterocycles. The highest BCUT2D eigenvalue weighted by Crippen LogP contribution is 2.42. The van der Waals surface area contributed by atoms with E-state index in [2.05, 4.69) is 47.4 Å². The third kappa shape index (κ3) is 3.70. The first-order chi connectivity index (χ1) is 16.1. The summed E-state index contributed by atoms with van der Waals surface area (Å²) in [5.74, 6) is -0.228. The molecule has 1 spiro atoms. The minimum atomic E-state index is -0.250. The van der Waals surface area contributed by atoms with Crippen molar-refractivity contribution in [2.24, 2.45) is 10.7 Å². The highest BCUT2D eigenvalue weighted by atomic mass is 19.1. The standard InChI is InChI=1S/C28H28FN3O/c29-23-9-6-20(7-10-23)26-25-11-8-21(19-4-2-1-3-5-19)16-22(25)13-15-32(26)27-31-18-28(33-27)14-12-24(30)17-28/h1-11,16,24,26H,12-15,17-18,30H2/t24-,26-,28-/m0/s1. The number of halogens is 1. The van der Waals surface area contributed by atoms with E-state index in [0.29, 0.717) is 12.6 Å². The van der Waals surface area contributed by atoms with Crippen LogP contribution in [0.15, 0.2) is 77.8 Å². The predicted molar refractivity (Wildman–Crippen MR) is 128 cm³/mol. The van der Waals surface area contributed by atoms with Gasteiger partial charge in [0.15, 0.2) is 0 Å². The van der Waals surface area contributed by atoms with Crippen molar-refractivity contribution in [3.63, 3.8) is 0 Å². The Balaban J connectivity index is 1.38. The SMILES string of the molecule is N[C@H]1CC[C@@]2(CN=C(N3CCc4cc(-c5ccccc5)ccc4[C@@H]3c3ccc(F)cc3)O2)C1. The zero-order valence-corrected chi connectivity index (χ0v) is 18.6. The van der Waals surface area contributed by atoms with E-state index >= 15 is 0 Å². The molecule has 3 aromatic carbocycles. The van der Waals surface area contributed by atoms with Gasteiger partial charge in [-0.2, -0.15) is 0 Å². The number of fused-ring (bicyclic) bond motifs is 1. The Morgan fingerprint density at radius 3 is 2.58 bits per heavy atom. The first kappa shape index (κ1) is 20.4. The summed E-state index contributed by atoms with van der Waals surface area (Å²) in [5, 5.41) is 0. The number of hydrogen-bond acceptors (Lipinski definition) is 4. The number of hydrogen-bond donors (Lipinski definition) is 1. The Bertz CT molecular complexity index is 1190. The van der Waals surface area contributed by atoms with Gasteiger partial charge in [-0.25, -0.2) is 9.38 Å². The zero-order valence-electron chi connectivity index (χ0n) is 18.6. The Labute approximate surface area is 193 Å². The summed E-state index contributed by atoms with van der Waals surface area (Å²) in [6.07, 6.45) is 3.69. The fourth-order valence-corrected chi connectivity index (χ4v) is 5.63. The van der Waals surface area contributed by atoms with Crippen molar-refractivity contribution < 1.29 is 9.13 Å². The molecule has 168 valence electrons. The molecule has 33 heavy (non-hydrogen) atoms. The monoisotopic (exact) mass is 441 g/mol. The zero-order chi connectivity index (χ0) is 22.4. The maximum Gasteiger partial charge on any atom is 0.288 e. The maximum atomic E-state index is 13.8. The molecule has 3 atom stereocenters. The summed E-state index contributed by atoms with van der Waals surface area (Å²) in [6, 6.07) is 24.8. The van der Waals surface area contributed by atoms with Gasteiger partial charge in [-0.3, -0.25) is 0 Å². The van der Waals surface area contributed by atoms with Crippen LogP contribution in [0.3, 0.4) is 0 Å². The Morgan fingerprint density at radius 1 is 1.00 bits per heavy atom. The van der Waals surface area contributed by atoms with Crippen molar-refractivity contribution in [3.05, 3.63) is 95.3 Å². The fourth-order valence-electron chi connectivity index (χ4n) is 5.63. The number of nitrogens with zero attached hydrogens (tertiary/aromatic N) is 2. The molecule has 2 aliphatic heterocycles. The normalized spacial score (nSPS) is 26.2. The van der Waals surface area contributed by atoms with Gasteiger partial charge in [0, 0.05) is 19.0 Å². The molecule has 3 aromatic rings. The molecule has 2 N–H and O–H groups in total. The number of ether oxygens (including phenoxy) is 1. The fraction of sp³-hybridized carbons (Fsp3) is 0.321. The van der Waals surface area contributed by atoms with Crippen LogP contribution in [0.4, 0.5) is 4.39 Å². The first-order valence-electron chi connectivity index (χ1n) is 11.8. The molecule has 5 heteroatoms. The Morgan fingerprint density at radius 2 is 1.82 bits per heavy atom. The van der Waals surface area contributed by atoms with Crippen molar-refractivity contribution in [2.45, 2.75) is 43.4 Å². The molecular formula is C28H28FN3O. The lowest BCUT2D eigenvalue weighted by Crippen LogP contribution is -2.43. The second-order valence-corrected chi connectivity index (χ2v) is 9.56. The number of rotatable bonds is 2. The van der Waals surface area contributed by atoms with E-state index in [1.54, 1.807) is 0 Å². The predicted octanol–water partition coefficient (Wildman–Crippen LogP) is 5.08. The van der Waals surface area contributed by atoms with E-state index in [-0.39, 0.29) is 23.5 Å². The van der Waals surface area contributed by atoms with E-state index in [9.17, 15) is 4.39 Å². The molecule has 3 aliphatic rings. The number of nitrogens with two attached hydrogens (primary N) is 1. The van der Waals surface area contributed by atoms with Gasteiger partial charge < -0.3 is 15.4 Å². The van der Waals surface area contributed by atoms with Gasteiger partial charge in [0.25, 0.3) is 6.02 Å². The van der Waals surface area contributed by atoms with E-state index in [1.165, 1.54) is 34.4 Å². The Hall–Kier alpha value is -3.18. The molecule has 4 nitrogen and oxygen atoms in total. The van der Waals surface area contributed by atoms with Gasteiger partial charge in [0.2, 0.25) is 0 Å². The summed E-state index contributed by atoms with van der Waals surface area (Å²) >= 11 is 0. The van der Waals surface area contributed by atoms with Crippen LogP contribution in [0.2, 0.25) is 0 Å². The lowest BCUT2D eigenvalue weighted by Gasteiger charge is -2.39. The smallest absolute Gasteiger partial charge is 0.288 e. The first-order valence-corrected chi connectivity index (χ1v) is 11.8. The van der Waals surface area contributed by atoms with E-state index in [4.69, 9.17) is 15.5 Å². The largest absolute Gasteiger partial charge is 0.456 e. The van der Waals surface area contributed by atoms with Crippen LogP contribution in [0, 0.1) is 5.82 Å². The molecule has 6 rings (SSSR count). The molecule has 0 bridgehead atoms. The number of amidine groups is 1. The second-order valence-electron chi connectivity index (χ2n) is 9.56. The molecule has 0 amide bonds. The highest BCUT2D eigenvalue weighted by molar-refractivity contribution is 5.78. The van der Waals surface area contributed by atoms with Crippen molar-refractivity contribution >= 4 is 6.02 Å². The topological polar surface area (TPSA) is 50.8 Å². The van der Waals surface area contributed by atoms with Crippen LogP contribution >= 0.6 is 0 Å². The summed E-state index contributed by atoms with van der Waals surface area (Å²) in [5.41, 5.74) is 12.0. The van der Waals surface area contributed by atoms with E-state index < -0.39 is 0 Å². The molecule has 1 aliphatic carbocycles. The molecule has 0 saturated heterocycles.